The second kappa shape index (κ2) is 7.24. The number of rotatable bonds is 5. The molecule has 1 aromatic heterocycles. The minimum atomic E-state index is 0.0508. The van der Waals surface area contributed by atoms with Crippen LogP contribution < -0.4 is 10.6 Å². The molecule has 1 aliphatic heterocycles. The first-order valence-corrected chi connectivity index (χ1v) is 7.18. The SMILES string of the molecule is C[C@@H](NC(=O)CCC1CCCCN1)c1ccncc1. The van der Waals surface area contributed by atoms with Gasteiger partial charge in [-0.25, -0.2) is 0 Å². The number of piperidine rings is 1. The Labute approximate surface area is 115 Å². The monoisotopic (exact) mass is 261 g/mol. The second-order valence-corrected chi connectivity index (χ2v) is 5.26. The van der Waals surface area contributed by atoms with Crippen LogP contribution in [0.2, 0.25) is 0 Å². The van der Waals surface area contributed by atoms with Crippen LogP contribution in [0.4, 0.5) is 0 Å². The highest BCUT2D eigenvalue weighted by Gasteiger charge is 2.15. The van der Waals surface area contributed by atoms with Gasteiger partial charge in [-0.15, -0.1) is 0 Å². The zero-order chi connectivity index (χ0) is 13.5. The van der Waals surface area contributed by atoms with Gasteiger partial charge in [0.15, 0.2) is 0 Å². The summed E-state index contributed by atoms with van der Waals surface area (Å²) in [7, 11) is 0. The van der Waals surface area contributed by atoms with E-state index >= 15 is 0 Å². The zero-order valence-electron chi connectivity index (χ0n) is 11.6. The zero-order valence-corrected chi connectivity index (χ0v) is 11.6. The molecule has 2 N–H and O–H groups in total. The molecule has 4 heteroatoms. The van der Waals surface area contributed by atoms with Crippen LogP contribution in [0, 0.1) is 0 Å². The summed E-state index contributed by atoms with van der Waals surface area (Å²) in [4.78, 5) is 15.9. The normalized spacial score (nSPS) is 20.8. The lowest BCUT2D eigenvalue weighted by Crippen LogP contribution is -2.35. The van der Waals surface area contributed by atoms with Crippen LogP contribution in [0.15, 0.2) is 24.5 Å². The predicted octanol–water partition coefficient (Wildman–Crippen LogP) is 2.18. The van der Waals surface area contributed by atoms with Gasteiger partial charge in [0.25, 0.3) is 0 Å². The first-order chi connectivity index (χ1) is 9.25. The number of aromatic nitrogens is 1. The molecule has 19 heavy (non-hydrogen) atoms. The topological polar surface area (TPSA) is 54.0 Å². The van der Waals surface area contributed by atoms with Gasteiger partial charge in [0.2, 0.25) is 5.91 Å². The third-order valence-electron chi connectivity index (χ3n) is 3.72. The summed E-state index contributed by atoms with van der Waals surface area (Å²) in [5, 5.41) is 6.51. The molecule has 4 nitrogen and oxygen atoms in total. The molecule has 1 fully saturated rings. The fourth-order valence-electron chi connectivity index (χ4n) is 2.52. The highest BCUT2D eigenvalue weighted by Crippen LogP contribution is 2.13. The van der Waals surface area contributed by atoms with E-state index in [1.54, 1.807) is 12.4 Å². The van der Waals surface area contributed by atoms with Gasteiger partial charge in [-0.1, -0.05) is 6.42 Å². The Hall–Kier alpha value is -1.42. The number of carbonyl (C=O) groups excluding carboxylic acids is 1. The Balaban J connectivity index is 1.71. The Bertz CT molecular complexity index is 388. The van der Waals surface area contributed by atoms with E-state index in [0.717, 1.165) is 18.5 Å². The second-order valence-electron chi connectivity index (χ2n) is 5.26. The van der Waals surface area contributed by atoms with Crippen molar-refractivity contribution in [3.8, 4) is 0 Å². The van der Waals surface area contributed by atoms with Gasteiger partial charge < -0.3 is 10.6 Å². The lowest BCUT2D eigenvalue weighted by molar-refractivity contribution is -0.122. The minimum Gasteiger partial charge on any atom is -0.350 e. The maximum absolute atomic E-state index is 11.9. The Morgan fingerprint density at radius 3 is 2.95 bits per heavy atom. The summed E-state index contributed by atoms with van der Waals surface area (Å²) in [6.45, 7) is 3.10. The van der Waals surface area contributed by atoms with Gasteiger partial charge in [0.05, 0.1) is 6.04 Å². The molecular weight excluding hydrogens is 238 g/mol. The van der Waals surface area contributed by atoms with Crippen LogP contribution in [0.3, 0.4) is 0 Å². The lowest BCUT2D eigenvalue weighted by atomic mass is 10.0. The predicted molar refractivity (Wildman–Crippen MR) is 75.7 cm³/mol. The van der Waals surface area contributed by atoms with Crippen LogP contribution in [0.1, 0.15) is 50.6 Å². The van der Waals surface area contributed by atoms with E-state index in [0.29, 0.717) is 12.5 Å². The Morgan fingerprint density at radius 2 is 2.26 bits per heavy atom. The van der Waals surface area contributed by atoms with Crippen molar-refractivity contribution in [2.75, 3.05) is 6.54 Å². The summed E-state index contributed by atoms with van der Waals surface area (Å²) in [6, 6.07) is 4.45. The van der Waals surface area contributed by atoms with E-state index in [4.69, 9.17) is 0 Å². The van der Waals surface area contributed by atoms with Crippen molar-refractivity contribution in [1.82, 2.24) is 15.6 Å². The lowest BCUT2D eigenvalue weighted by Gasteiger charge is -2.23. The molecule has 0 aliphatic carbocycles. The molecule has 2 heterocycles. The summed E-state index contributed by atoms with van der Waals surface area (Å²) in [6.07, 6.45) is 8.80. The van der Waals surface area contributed by atoms with Gasteiger partial charge in [0, 0.05) is 24.9 Å². The number of hydrogen-bond donors (Lipinski definition) is 2. The van der Waals surface area contributed by atoms with E-state index in [-0.39, 0.29) is 11.9 Å². The van der Waals surface area contributed by atoms with Crippen LogP contribution in [-0.4, -0.2) is 23.5 Å². The molecule has 1 aromatic rings. The van der Waals surface area contributed by atoms with E-state index < -0.39 is 0 Å². The fraction of sp³-hybridized carbons (Fsp3) is 0.600. The van der Waals surface area contributed by atoms with Crippen molar-refractivity contribution in [3.05, 3.63) is 30.1 Å². The molecule has 1 saturated heterocycles. The first-order valence-electron chi connectivity index (χ1n) is 7.18. The largest absolute Gasteiger partial charge is 0.350 e. The fourth-order valence-corrected chi connectivity index (χ4v) is 2.52. The number of amides is 1. The van der Waals surface area contributed by atoms with Gasteiger partial charge in [0.1, 0.15) is 0 Å². The molecule has 2 atom stereocenters. The Morgan fingerprint density at radius 1 is 1.47 bits per heavy atom. The van der Waals surface area contributed by atoms with Crippen LogP contribution in [0.5, 0.6) is 0 Å². The first kappa shape index (κ1) is 14.0. The van der Waals surface area contributed by atoms with Crippen molar-refractivity contribution in [2.24, 2.45) is 0 Å². The van der Waals surface area contributed by atoms with Crippen molar-refractivity contribution in [2.45, 2.75) is 51.1 Å². The van der Waals surface area contributed by atoms with Gasteiger partial charge >= 0.3 is 0 Å². The highest BCUT2D eigenvalue weighted by atomic mass is 16.1. The van der Waals surface area contributed by atoms with Crippen molar-refractivity contribution >= 4 is 5.91 Å². The molecule has 1 aliphatic rings. The number of hydrogen-bond acceptors (Lipinski definition) is 3. The maximum Gasteiger partial charge on any atom is 0.220 e. The van der Waals surface area contributed by atoms with E-state index in [1.165, 1.54) is 19.3 Å². The molecule has 1 amide bonds. The molecule has 1 unspecified atom stereocenters. The average molecular weight is 261 g/mol. The summed E-state index contributed by atoms with van der Waals surface area (Å²) in [5.74, 6) is 0.136. The van der Waals surface area contributed by atoms with Crippen molar-refractivity contribution in [1.29, 1.82) is 0 Å². The number of nitrogens with one attached hydrogen (secondary N) is 2. The number of pyridine rings is 1. The smallest absolute Gasteiger partial charge is 0.220 e. The average Bonchev–Trinajstić information content (AvgIpc) is 2.47. The standard InChI is InChI=1S/C15H23N3O/c1-12(13-7-10-16-11-8-13)18-15(19)6-5-14-4-2-3-9-17-14/h7-8,10-12,14,17H,2-6,9H2,1H3,(H,18,19)/t12-,14?/m1/s1. The van der Waals surface area contributed by atoms with Crippen LogP contribution in [-0.2, 0) is 4.79 Å². The van der Waals surface area contributed by atoms with Gasteiger partial charge in [-0.2, -0.15) is 0 Å². The third-order valence-corrected chi connectivity index (χ3v) is 3.72. The maximum atomic E-state index is 11.9. The van der Waals surface area contributed by atoms with Gasteiger partial charge in [-0.05, 0) is 50.4 Å². The summed E-state index contributed by atoms with van der Waals surface area (Å²) in [5.41, 5.74) is 1.10. The molecule has 0 aromatic carbocycles. The number of nitrogens with zero attached hydrogens (tertiary/aromatic N) is 1. The van der Waals surface area contributed by atoms with E-state index in [2.05, 4.69) is 15.6 Å². The number of carbonyl (C=O) groups is 1. The van der Waals surface area contributed by atoms with Crippen LogP contribution in [0.25, 0.3) is 0 Å². The van der Waals surface area contributed by atoms with E-state index in [9.17, 15) is 4.79 Å². The molecular formula is C15H23N3O. The summed E-state index contributed by atoms with van der Waals surface area (Å²) < 4.78 is 0. The van der Waals surface area contributed by atoms with Gasteiger partial charge in [-0.3, -0.25) is 9.78 Å². The minimum absolute atomic E-state index is 0.0508. The molecule has 2 rings (SSSR count). The molecule has 0 bridgehead atoms. The Kier molecular flexibility index (Phi) is 5.33. The van der Waals surface area contributed by atoms with Crippen molar-refractivity contribution < 1.29 is 4.79 Å². The molecule has 104 valence electrons. The quantitative estimate of drug-likeness (QED) is 0.854. The van der Waals surface area contributed by atoms with E-state index in [1.807, 2.05) is 19.1 Å². The van der Waals surface area contributed by atoms with Crippen LogP contribution >= 0.6 is 0 Å². The molecule has 0 radical (unpaired) electrons. The third kappa shape index (κ3) is 4.63. The highest BCUT2D eigenvalue weighted by molar-refractivity contribution is 5.76. The van der Waals surface area contributed by atoms with Crippen molar-refractivity contribution in [3.63, 3.8) is 0 Å². The summed E-state index contributed by atoms with van der Waals surface area (Å²) >= 11 is 0. The molecule has 0 spiro atoms. The molecule has 0 saturated carbocycles.